The van der Waals surface area contributed by atoms with E-state index in [1.54, 1.807) is 18.7 Å². The van der Waals surface area contributed by atoms with Crippen LogP contribution in [0.25, 0.3) is 6.08 Å². The van der Waals surface area contributed by atoms with Crippen molar-refractivity contribution in [2.45, 2.75) is 24.8 Å². The topological polar surface area (TPSA) is 69.7 Å². The van der Waals surface area contributed by atoms with Gasteiger partial charge < -0.3 is 4.90 Å². The Morgan fingerprint density at radius 2 is 1.77 bits per heavy atom. The molecule has 31 heavy (non-hydrogen) atoms. The lowest BCUT2D eigenvalue weighted by atomic mass is 10.1. The third-order valence-electron chi connectivity index (χ3n) is 4.99. The first kappa shape index (κ1) is 23.1. The average Bonchev–Trinajstić information content (AvgIpc) is 2.74. The highest BCUT2D eigenvalue weighted by Gasteiger charge is 2.25. The number of rotatable bonds is 7. The van der Waals surface area contributed by atoms with Crippen molar-refractivity contribution in [1.29, 1.82) is 0 Å². The molecule has 3 rings (SSSR count). The van der Waals surface area contributed by atoms with Crippen molar-refractivity contribution in [2.24, 2.45) is 0 Å². The van der Waals surface area contributed by atoms with Crippen LogP contribution in [0.15, 0.2) is 59.5 Å². The van der Waals surface area contributed by atoms with Crippen molar-refractivity contribution in [3.8, 4) is 0 Å². The van der Waals surface area contributed by atoms with Gasteiger partial charge in [0, 0.05) is 44.3 Å². The predicted octanol–water partition coefficient (Wildman–Crippen LogP) is 2.98. The largest absolute Gasteiger partial charge is 0.336 e. The van der Waals surface area contributed by atoms with Gasteiger partial charge in [0.2, 0.25) is 10.0 Å². The Labute approximate surface area is 183 Å². The SMILES string of the molecule is CC(C)NS(=O)(=O)c1cc(C(=O)N2CCN(C/C=C/c3ccccc3)CC2)ccc1F. The number of hydrogen-bond acceptors (Lipinski definition) is 4. The summed E-state index contributed by atoms with van der Waals surface area (Å²) in [6, 6.07) is 13.2. The molecule has 0 saturated carbocycles. The van der Waals surface area contributed by atoms with Crippen LogP contribution in [0.5, 0.6) is 0 Å². The van der Waals surface area contributed by atoms with Gasteiger partial charge in [-0.2, -0.15) is 0 Å². The molecule has 1 saturated heterocycles. The number of piperazine rings is 1. The molecule has 1 fully saturated rings. The number of nitrogens with zero attached hydrogens (tertiary/aromatic N) is 2. The third-order valence-corrected chi connectivity index (χ3v) is 6.67. The number of halogens is 1. The fraction of sp³-hybridized carbons (Fsp3) is 0.348. The quantitative estimate of drug-likeness (QED) is 0.711. The Balaban J connectivity index is 1.60. The van der Waals surface area contributed by atoms with Crippen molar-refractivity contribution < 1.29 is 17.6 Å². The highest BCUT2D eigenvalue weighted by atomic mass is 32.2. The van der Waals surface area contributed by atoms with Gasteiger partial charge in [0.05, 0.1) is 0 Å². The maximum Gasteiger partial charge on any atom is 0.253 e. The molecule has 1 N–H and O–H groups in total. The summed E-state index contributed by atoms with van der Waals surface area (Å²) in [7, 11) is -4.03. The minimum Gasteiger partial charge on any atom is -0.336 e. The molecule has 0 unspecified atom stereocenters. The summed E-state index contributed by atoms with van der Waals surface area (Å²) < 4.78 is 41.3. The second-order valence-electron chi connectivity index (χ2n) is 7.83. The monoisotopic (exact) mass is 445 g/mol. The number of hydrogen-bond donors (Lipinski definition) is 1. The fourth-order valence-corrected chi connectivity index (χ4v) is 4.79. The molecule has 0 radical (unpaired) electrons. The second kappa shape index (κ2) is 10.2. The van der Waals surface area contributed by atoms with Gasteiger partial charge >= 0.3 is 0 Å². The zero-order chi connectivity index (χ0) is 22.4. The Bertz CT molecular complexity index is 1030. The lowest BCUT2D eigenvalue weighted by molar-refractivity contribution is 0.0650. The van der Waals surface area contributed by atoms with Crippen LogP contribution >= 0.6 is 0 Å². The molecule has 1 aliphatic rings. The second-order valence-corrected chi connectivity index (χ2v) is 9.51. The highest BCUT2D eigenvalue weighted by molar-refractivity contribution is 7.89. The Hall–Kier alpha value is -2.55. The van der Waals surface area contributed by atoms with E-state index in [-0.39, 0.29) is 17.5 Å². The van der Waals surface area contributed by atoms with Crippen LogP contribution in [0.3, 0.4) is 0 Å². The Morgan fingerprint density at radius 3 is 2.42 bits per heavy atom. The standard InChI is InChI=1S/C23H28FN3O3S/c1-18(2)25-31(29,30)22-17-20(10-11-21(22)24)23(28)27-15-13-26(14-16-27)12-6-9-19-7-4-3-5-8-19/h3-11,17-18,25H,12-16H2,1-2H3/b9-6+. The van der Waals surface area contributed by atoms with E-state index in [0.29, 0.717) is 26.2 Å². The zero-order valence-electron chi connectivity index (χ0n) is 17.8. The molecule has 0 aliphatic carbocycles. The molecular weight excluding hydrogens is 417 g/mol. The Morgan fingerprint density at radius 1 is 1.10 bits per heavy atom. The lowest BCUT2D eigenvalue weighted by Gasteiger charge is -2.34. The molecule has 0 aromatic heterocycles. The van der Waals surface area contributed by atoms with Crippen molar-refractivity contribution in [1.82, 2.24) is 14.5 Å². The van der Waals surface area contributed by atoms with E-state index < -0.39 is 20.7 Å². The van der Waals surface area contributed by atoms with Gasteiger partial charge in [-0.05, 0) is 37.6 Å². The van der Waals surface area contributed by atoms with E-state index in [4.69, 9.17) is 0 Å². The number of amides is 1. The number of carbonyl (C=O) groups is 1. The molecule has 8 heteroatoms. The van der Waals surface area contributed by atoms with Gasteiger partial charge in [0.25, 0.3) is 5.91 Å². The minimum atomic E-state index is -4.03. The molecular formula is C23H28FN3O3S. The summed E-state index contributed by atoms with van der Waals surface area (Å²) in [5.74, 6) is -1.17. The molecule has 1 aliphatic heterocycles. The van der Waals surface area contributed by atoms with Crippen molar-refractivity contribution >= 4 is 22.0 Å². The fourth-order valence-electron chi connectivity index (χ4n) is 3.43. The van der Waals surface area contributed by atoms with Gasteiger partial charge in [0.15, 0.2) is 0 Å². The van der Waals surface area contributed by atoms with Crippen LogP contribution in [0.1, 0.15) is 29.8 Å². The summed E-state index contributed by atoms with van der Waals surface area (Å²) in [6.45, 7) is 6.58. The maximum absolute atomic E-state index is 14.2. The van der Waals surface area contributed by atoms with Crippen LogP contribution in [-0.4, -0.2) is 62.9 Å². The van der Waals surface area contributed by atoms with E-state index >= 15 is 0 Å². The van der Waals surface area contributed by atoms with E-state index in [9.17, 15) is 17.6 Å². The van der Waals surface area contributed by atoms with E-state index in [2.05, 4.69) is 21.8 Å². The zero-order valence-corrected chi connectivity index (χ0v) is 18.6. The van der Waals surface area contributed by atoms with Crippen molar-refractivity contribution in [2.75, 3.05) is 32.7 Å². The normalized spacial score (nSPS) is 15.7. The van der Waals surface area contributed by atoms with Gasteiger partial charge in [-0.25, -0.2) is 17.5 Å². The first-order valence-corrected chi connectivity index (χ1v) is 11.8. The third kappa shape index (κ3) is 6.22. The van der Waals surface area contributed by atoms with Crippen LogP contribution in [0.2, 0.25) is 0 Å². The molecule has 2 aromatic rings. The molecule has 0 atom stereocenters. The summed E-state index contributed by atoms with van der Waals surface area (Å²) in [5.41, 5.74) is 1.31. The van der Waals surface area contributed by atoms with E-state index in [0.717, 1.165) is 24.2 Å². The summed E-state index contributed by atoms with van der Waals surface area (Å²) in [4.78, 5) is 16.3. The smallest absolute Gasteiger partial charge is 0.253 e. The molecule has 1 amide bonds. The highest BCUT2D eigenvalue weighted by Crippen LogP contribution is 2.19. The van der Waals surface area contributed by atoms with Crippen LogP contribution < -0.4 is 4.72 Å². The molecule has 0 bridgehead atoms. The average molecular weight is 446 g/mol. The van der Waals surface area contributed by atoms with E-state index in [1.165, 1.54) is 6.07 Å². The number of sulfonamides is 1. The summed E-state index contributed by atoms with van der Waals surface area (Å²) in [6.07, 6.45) is 4.18. The van der Waals surface area contributed by atoms with Gasteiger partial charge in [-0.1, -0.05) is 42.5 Å². The first-order valence-electron chi connectivity index (χ1n) is 10.3. The van der Waals surface area contributed by atoms with Crippen LogP contribution in [-0.2, 0) is 10.0 Å². The predicted molar refractivity (Wildman–Crippen MR) is 120 cm³/mol. The first-order chi connectivity index (χ1) is 14.8. The minimum absolute atomic E-state index is 0.169. The summed E-state index contributed by atoms with van der Waals surface area (Å²) in [5, 5.41) is 0. The molecule has 6 nitrogen and oxygen atoms in total. The molecule has 1 heterocycles. The van der Waals surface area contributed by atoms with Crippen molar-refractivity contribution in [3.63, 3.8) is 0 Å². The van der Waals surface area contributed by atoms with Gasteiger partial charge in [-0.3, -0.25) is 9.69 Å². The summed E-state index contributed by atoms with van der Waals surface area (Å²) >= 11 is 0. The molecule has 0 spiro atoms. The van der Waals surface area contributed by atoms with Gasteiger partial charge in [0.1, 0.15) is 10.7 Å². The lowest BCUT2D eigenvalue weighted by Crippen LogP contribution is -2.48. The number of carbonyl (C=O) groups excluding carboxylic acids is 1. The van der Waals surface area contributed by atoms with Crippen LogP contribution in [0.4, 0.5) is 4.39 Å². The molecule has 166 valence electrons. The Kier molecular flexibility index (Phi) is 7.59. The molecule has 2 aromatic carbocycles. The maximum atomic E-state index is 14.2. The number of nitrogens with one attached hydrogen (secondary N) is 1. The number of benzene rings is 2. The van der Waals surface area contributed by atoms with E-state index in [1.807, 2.05) is 30.3 Å². The van der Waals surface area contributed by atoms with Crippen LogP contribution in [0, 0.1) is 5.82 Å². The van der Waals surface area contributed by atoms with Gasteiger partial charge in [-0.15, -0.1) is 0 Å². The van der Waals surface area contributed by atoms with Crippen molar-refractivity contribution in [3.05, 3.63) is 71.6 Å².